The quantitative estimate of drug-likeness (QED) is 0.672. The predicted octanol–water partition coefficient (Wildman–Crippen LogP) is 3.19. The summed E-state index contributed by atoms with van der Waals surface area (Å²) in [5.41, 5.74) is -0.879. The average Bonchev–Trinajstić information content (AvgIpc) is 2.40. The summed E-state index contributed by atoms with van der Waals surface area (Å²) >= 11 is 5.43. The van der Waals surface area contributed by atoms with Gasteiger partial charge in [0.05, 0.1) is 12.1 Å². The van der Waals surface area contributed by atoms with Gasteiger partial charge in [-0.1, -0.05) is 24.0 Å². The Bertz CT molecular complexity index is 517. The van der Waals surface area contributed by atoms with E-state index >= 15 is 0 Å². The molecule has 1 aromatic rings. The minimum absolute atomic E-state index is 0.00725. The van der Waals surface area contributed by atoms with E-state index < -0.39 is 11.7 Å². The van der Waals surface area contributed by atoms with Crippen LogP contribution in [0.2, 0.25) is 0 Å². The second kappa shape index (κ2) is 7.81. The third kappa shape index (κ3) is 5.54. The van der Waals surface area contributed by atoms with Gasteiger partial charge in [-0.25, -0.2) is 0 Å². The van der Waals surface area contributed by atoms with E-state index in [-0.39, 0.29) is 24.4 Å². The molecule has 0 bridgehead atoms. The van der Waals surface area contributed by atoms with E-state index in [4.69, 9.17) is 11.6 Å². The van der Waals surface area contributed by atoms with Crippen molar-refractivity contribution in [3.05, 3.63) is 35.4 Å². The molecule has 0 unspecified atom stereocenters. The van der Waals surface area contributed by atoms with E-state index in [2.05, 4.69) is 17.2 Å². The van der Waals surface area contributed by atoms with Crippen molar-refractivity contribution >= 4 is 17.5 Å². The van der Waals surface area contributed by atoms with Gasteiger partial charge >= 0.3 is 6.18 Å². The molecule has 0 atom stereocenters. The second-order valence-electron chi connectivity index (χ2n) is 3.91. The summed E-state index contributed by atoms with van der Waals surface area (Å²) in [5, 5.41) is 2.49. The fourth-order valence-corrected chi connectivity index (χ4v) is 1.57. The van der Waals surface area contributed by atoms with Crippen molar-refractivity contribution in [2.24, 2.45) is 0 Å². The number of hydrogen-bond acceptors (Lipinski definition) is 1. The Hall–Kier alpha value is -1.67. The monoisotopic (exact) mass is 303 g/mol. The molecule has 0 aromatic heterocycles. The molecule has 0 saturated heterocycles. The van der Waals surface area contributed by atoms with Gasteiger partial charge in [0.1, 0.15) is 0 Å². The van der Waals surface area contributed by atoms with Crippen LogP contribution in [0, 0.1) is 11.8 Å². The first kappa shape index (κ1) is 16.4. The van der Waals surface area contributed by atoms with Crippen molar-refractivity contribution in [3.63, 3.8) is 0 Å². The van der Waals surface area contributed by atoms with Crippen molar-refractivity contribution in [3.8, 4) is 11.8 Å². The highest BCUT2D eigenvalue weighted by Crippen LogP contribution is 2.31. The van der Waals surface area contributed by atoms with Crippen LogP contribution in [0.5, 0.6) is 0 Å². The lowest BCUT2D eigenvalue weighted by atomic mass is 10.1. The van der Waals surface area contributed by atoms with Crippen LogP contribution in [0.4, 0.5) is 13.2 Å². The normalized spacial score (nSPS) is 10.6. The number of carbonyl (C=O) groups is 1. The highest BCUT2D eigenvalue weighted by Gasteiger charge is 2.32. The Kier molecular flexibility index (Phi) is 6.40. The van der Waals surface area contributed by atoms with E-state index in [1.807, 2.05) is 0 Å². The highest BCUT2D eigenvalue weighted by molar-refractivity contribution is 6.17. The summed E-state index contributed by atoms with van der Waals surface area (Å²) in [6.07, 6.45) is -3.60. The standard InChI is InChI=1S/C14H13ClF3NO/c15-9-3-8-13(20)19-10-4-6-11-5-1-2-7-12(11)14(16,17)18/h1-2,5,7H,3,8-10H2,(H,19,20). The molecule has 0 aliphatic carbocycles. The first-order valence-electron chi connectivity index (χ1n) is 5.93. The molecule has 1 amide bonds. The van der Waals surface area contributed by atoms with Gasteiger partial charge in [-0.05, 0) is 18.6 Å². The van der Waals surface area contributed by atoms with Crippen LogP contribution in [-0.2, 0) is 11.0 Å². The molecule has 0 heterocycles. The van der Waals surface area contributed by atoms with E-state index in [1.165, 1.54) is 18.2 Å². The number of hydrogen-bond donors (Lipinski definition) is 1. The van der Waals surface area contributed by atoms with Crippen molar-refractivity contribution in [1.82, 2.24) is 5.32 Å². The van der Waals surface area contributed by atoms with Gasteiger partial charge in [0, 0.05) is 17.9 Å². The average molecular weight is 304 g/mol. The summed E-state index contributed by atoms with van der Waals surface area (Å²) in [7, 11) is 0. The molecule has 1 rings (SSSR count). The maximum absolute atomic E-state index is 12.7. The molecule has 0 fully saturated rings. The molecule has 20 heavy (non-hydrogen) atoms. The number of carbonyl (C=O) groups excluding carboxylic acids is 1. The molecular weight excluding hydrogens is 291 g/mol. The van der Waals surface area contributed by atoms with Gasteiger partial charge in [0.15, 0.2) is 0 Å². The minimum Gasteiger partial charge on any atom is -0.345 e. The van der Waals surface area contributed by atoms with Gasteiger partial charge in [-0.2, -0.15) is 13.2 Å². The fourth-order valence-electron chi connectivity index (χ4n) is 1.44. The van der Waals surface area contributed by atoms with Crippen LogP contribution in [0.3, 0.4) is 0 Å². The van der Waals surface area contributed by atoms with Gasteiger partial charge in [0.25, 0.3) is 0 Å². The van der Waals surface area contributed by atoms with Gasteiger partial charge < -0.3 is 5.32 Å². The number of rotatable bonds is 4. The molecular formula is C14H13ClF3NO. The molecule has 108 valence electrons. The lowest BCUT2D eigenvalue weighted by molar-refractivity contribution is -0.137. The Morgan fingerprint density at radius 2 is 2.00 bits per heavy atom. The topological polar surface area (TPSA) is 29.1 Å². The van der Waals surface area contributed by atoms with E-state index in [1.54, 1.807) is 0 Å². The highest BCUT2D eigenvalue weighted by atomic mass is 35.5. The Balaban J connectivity index is 2.62. The molecule has 0 spiro atoms. The number of alkyl halides is 4. The van der Waals surface area contributed by atoms with Crippen LogP contribution in [0.15, 0.2) is 24.3 Å². The SMILES string of the molecule is O=C(CCCCl)NCC#Cc1ccccc1C(F)(F)F. The van der Waals surface area contributed by atoms with Crippen molar-refractivity contribution in [2.45, 2.75) is 19.0 Å². The second-order valence-corrected chi connectivity index (χ2v) is 4.29. The predicted molar refractivity (Wildman–Crippen MR) is 71.3 cm³/mol. The summed E-state index contributed by atoms with van der Waals surface area (Å²) in [6, 6.07) is 5.06. The zero-order valence-corrected chi connectivity index (χ0v) is 11.3. The molecule has 1 aromatic carbocycles. The van der Waals surface area contributed by atoms with E-state index in [9.17, 15) is 18.0 Å². The maximum atomic E-state index is 12.7. The number of nitrogens with one attached hydrogen (secondary N) is 1. The lowest BCUT2D eigenvalue weighted by Crippen LogP contribution is -2.23. The zero-order valence-electron chi connectivity index (χ0n) is 10.6. The van der Waals surface area contributed by atoms with Gasteiger partial charge in [0.2, 0.25) is 5.91 Å². The number of benzene rings is 1. The minimum atomic E-state index is -4.44. The van der Waals surface area contributed by atoms with Crippen LogP contribution in [0.1, 0.15) is 24.0 Å². The maximum Gasteiger partial charge on any atom is 0.417 e. The summed E-state index contributed by atoms with van der Waals surface area (Å²) < 4.78 is 38.0. The zero-order chi connectivity index (χ0) is 15.0. The molecule has 1 N–H and O–H groups in total. The van der Waals surface area contributed by atoms with E-state index in [0.29, 0.717) is 12.3 Å². The number of amides is 1. The third-order valence-corrected chi connectivity index (χ3v) is 2.63. The smallest absolute Gasteiger partial charge is 0.345 e. The Morgan fingerprint density at radius 3 is 2.65 bits per heavy atom. The first-order chi connectivity index (χ1) is 9.45. The third-order valence-electron chi connectivity index (χ3n) is 2.37. The van der Waals surface area contributed by atoms with Gasteiger partial charge in [-0.3, -0.25) is 4.79 Å². The Morgan fingerprint density at radius 1 is 1.30 bits per heavy atom. The molecule has 0 aliphatic rings. The van der Waals surface area contributed by atoms with Crippen molar-refractivity contribution in [1.29, 1.82) is 0 Å². The molecule has 0 radical (unpaired) electrons. The lowest BCUT2D eigenvalue weighted by Gasteiger charge is -2.08. The van der Waals surface area contributed by atoms with Crippen molar-refractivity contribution in [2.75, 3.05) is 12.4 Å². The van der Waals surface area contributed by atoms with Crippen LogP contribution in [-0.4, -0.2) is 18.3 Å². The largest absolute Gasteiger partial charge is 0.417 e. The van der Waals surface area contributed by atoms with Crippen LogP contribution < -0.4 is 5.32 Å². The summed E-state index contributed by atoms with van der Waals surface area (Å²) in [6.45, 7) is 0.00725. The van der Waals surface area contributed by atoms with Gasteiger partial charge in [-0.15, -0.1) is 11.6 Å². The summed E-state index contributed by atoms with van der Waals surface area (Å²) in [4.78, 5) is 11.2. The Labute approximate surface area is 120 Å². The molecule has 6 heteroatoms. The van der Waals surface area contributed by atoms with Crippen molar-refractivity contribution < 1.29 is 18.0 Å². The van der Waals surface area contributed by atoms with Crippen LogP contribution in [0.25, 0.3) is 0 Å². The molecule has 0 aliphatic heterocycles. The summed E-state index contributed by atoms with van der Waals surface area (Å²) in [5.74, 6) is 5.10. The first-order valence-corrected chi connectivity index (χ1v) is 6.46. The fraction of sp³-hybridized carbons (Fsp3) is 0.357. The van der Waals surface area contributed by atoms with E-state index in [0.717, 1.165) is 6.07 Å². The molecule has 2 nitrogen and oxygen atoms in total. The molecule has 0 saturated carbocycles. The van der Waals surface area contributed by atoms with Crippen LogP contribution >= 0.6 is 11.6 Å². The number of halogens is 4.